The summed E-state index contributed by atoms with van der Waals surface area (Å²) < 4.78 is 5.33. The fourth-order valence-electron chi connectivity index (χ4n) is 4.00. The lowest BCUT2D eigenvalue weighted by atomic mass is 9.91. The summed E-state index contributed by atoms with van der Waals surface area (Å²) in [7, 11) is 0. The van der Waals surface area contributed by atoms with Crippen LogP contribution in [0.25, 0.3) is 0 Å². The van der Waals surface area contributed by atoms with E-state index in [2.05, 4.69) is 17.6 Å². The van der Waals surface area contributed by atoms with Gasteiger partial charge in [0.05, 0.1) is 6.42 Å². The van der Waals surface area contributed by atoms with Crippen LogP contribution in [0.3, 0.4) is 0 Å². The van der Waals surface area contributed by atoms with Gasteiger partial charge in [-0.3, -0.25) is 14.4 Å². The van der Waals surface area contributed by atoms with Gasteiger partial charge in [0.15, 0.2) is 0 Å². The quantitative estimate of drug-likeness (QED) is 0.306. The monoisotopic (exact) mass is 532 g/mol. The van der Waals surface area contributed by atoms with Crippen molar-refractivity contribution in [2.45, 2.75) is 117 Å². The number of aryl methyl sites for hydroxylation is 1. The summed E-state index contributed by atoms with van der Waals surface area (Å²) in [6, 6.07) is 5.29. The Bertz CT molecular complexity index is 937. The molecule has 0 aromatic heterocycles. The van der Waals surface area contributed by atoms with E-state index in [1.54, 1.807) is 20.8 Å². The summed E-state index contributed by atoms with van der Waals surface area (Å²) in [4.78, 5) is 53.9. The summed E-state index contributed by atoms with van der Waals surface area (Å²) in [5, 5.41) is 5.51. The Morgan fingerprint density at radius 1 is 0.974 bits per heavy atom. The predicted molar refractivity (Wildman–Crippen MR) is 149 cm³/mol. The van der Waals surface area contributed by atoms with E-state index < -0.39 is 47.6 Å². The standard InChI is InChI=1S/C29H48N4O5/c1-9-12-13-18-31-25(35)24(21-16-14-20(10-2)15-17-21)33(29(7,8)11-3)26(36)22(19-23(30)34)32-27(37)38-28(4,5)6/h14-17,22,24H,9-13,18-19H2,1-8H3,(H2,30,34)(H,31,35)(H,32,37). The molecule has 0 aliphatic carbocycles. The SMILES string of the molecule is CCCCCNC(=O)C(c1ccc(CC)cc1)N(C(=O)C(CC(N)=O)NC(=O)OC(C)(C)C)C(C)(C)CC. The van der Waals surface area contributed by atoms with E-state index in [1.165, 1.54) is 4.90 Å². The van der Waals surface area contributed by atoms with Crippen molar-refractivity contribution in [1.82, 2.24) is 15.5 Å². The highest BCUT2D eigenvalue weighted by molar-refractivity contribution is 5.95. The lowest BCUT2D eigenvalue weighted by Gasteiger charge is -2.44. The second kappa shape index (κ2) is 14.7. The maximum atomic E-state index is 14.2. The number of benzene rings is 1. The molecule has 0 radical (unpaired) electrons. The van der Waals surface area contributed by atoms with Crippen molar-refractivity contribution in [3.05, 3.63) is 35.4 Å². The number of primary amides is 1. The molecule has 9 heteroatoms. The van der Waals surface area contributed by atoms with Crippen LogP contribution in [-0.2, 0) is 25.5 Å². The molecule has 1 rings (SSSR count). The lowest BCUT2D eigenvalue weighted by Crippen LogP contribution is -2.60. The smallest absolute Gasteiger partial charge is 0.408 e. The number of nitrogens with zero attached hydrogens (tertiary/aromatic N) is 1. The van der Waals surface area contributed by atoms with Crippen LogP contribution in [0.15, 0.2) is 24.3 Å². The molecule has 0 saturated carbocycles. The minimum Gasteiger partial charge on any atom is -0.444 e. The minimum absolute atomic E-state index is 0.324. The van der Waals surface area contributed by atoms with E-state index in [-0.39, 0.29) is 5.91 Å². The predicted octanol–water partition coefficient (Wildman–Crippen LogP) is 4.38. The third kappa shape index (κ3) is 10.3. The fraction of sp³-hybridized carbons (Fsp3) is 0.655. The molecule has 0 heterocycles. The van der Waals surface area contributed by atoms with Crippen LogP contribution >= 0.6 is 0 Å². The molecule has 4 N–H and O–H groups in total. The van der Waals surface area contributed by atoms with Gasteiger partial charge >= 0.3 is 6.09 Å². The molecule has 2 atom stereocenters. The highest BCUT2D eigenvalue weighted by Gasteiger charge is 2.43. The van der Waals surface area contributed by atoms with Crippen LogP contribution in [-0.4, -0.2) is 52.4 Å². The second-order valence-electron chi connectivity index (χ2n) is 11.2. The van der Waals surface area contributed by atoms with Gasteiger partial charge in [0.25, 0.3) is 0 Å². The van der Waals surface area contributed by atoms with Gasteiger partial charge in [-0.2, -0.15) is 0 Å². The van der Waals surface area contributed by atoms with Gasteiger partial charge in [-0.05, 0) is 65.0 Å². The molecule has 0 spiro atoms. The summed E-state index contributed by atoms with van der Waals surface area (Å²) >= 11 is 0. The molecule has 0 aliphatic heterocycles. The fourth-order valence-corrected chi connectivity index (χ4v) is 4.00. The van der Waals surface area contributed by atoms with Crippen LogP contribution in [0.5, 0.6) is 0 Å². The average Bonchev–Trinajstić information content (AvgIpc) is 2.82. The highest BCUT2D eigenvalue weighted by Crippen LogP contribution is 2.32. The number of nitrogens with two attached hydrogens (primary N) is 1. The molecule has 1 aromatic rings. The Hall–Kier alpha value is -3.10. The highest BCUT2D eigenvalue weighted by atomic mass is 16.6. The van der Waals surface area contributed by atoms with Crippen molar-refractivity contribution in [2.24, 2.45) is 5.73 Å². The zero-order valence-corrected chi connectivity index (χ0v) is 24.5. The van der Waals surface area contributed by atoms with Gasteiger partial charge in [0, 0.05) is 12.1 Å². The van der Waals surface area contributed by atoms with E-state index >= 15 is 0 Å². The Morgan fingerprint density at radius 2 is 1.58 bits per heavy atom. The molecule has 0 saturated heterocycles. The number of alkyl carbamates (subject to hydrolysis) is 1. The van der Waals surface area contributed by atoms with Crippen LogP contribution in [0, 0.1) is 0 Å². The number of rotatable bonds is 14. The Balaban J connectivity index is 3.59. The van der Waals surface area contributed by atoms with Gasteiger partial charge < -0.3 is 26.0 Å². The maximum Gasteiger partial charge on any atom is 0.408 e. The molecule has 214 valence electrons. The normalized spacial score (nSPS) is 13.3. The number of carbonyl (C=O) groups excluding carboxylic acids is 4. The van der Waals surface area contributed by atoms with E-state index in [9.17, 15) is 19.2 Å². The summed E-state index contributed by atoms with van der Waals surface area (Å²) in [6.07, 6.45) is 2.86. The summed E-state index contributed by atoms with van der Waals surface area (Å²) in [5.74, 6) is -1.67. The van der Waals surface area contributed by atoms with Gasteiger partial charge in [0.2, 0.25) is 17.7 Å². The second-order valence-corrected chi connectivity index (χ2v) is 11.2. The summed E-state index contributed by atoms with van der Waals surface area (Å²) in [6.45, 7) is 15.3. The number of nitrogens with one attached hydrogen (secondary N) is 2. The number of carbonyl (C=O) groups is 4. The molecule has 0 fully saturated rings. The van der Waals surface area contributed by atoms with Crippen LogP contribution < -0.4 is 16.4 Å². The van der Waals surface area contributed by atoms with Crippen molar-refractivity contribution in [1.29, 1.82) is 0 Å². The zero-order chi connectivity index (χ0) is 29.1. The van der Waals surface area contributed by atoms with Crippen LogP contribution in [0.4, 0.5) is 4.79 Å². The first-order chi connectivity index (χ1) is 17.7. The van der Waals surface area contributed by atoms with E-state index in [4.69, 9.17) is 10.5 Å². The van der Waals surface area contributed by atoms with Gasteiger partial charge in [-0.15, -0.1) is 0 Å². The molecule has 4 amide bonds. The molecule has 2 unspecified atom stereocenters. The van der Waals surface area contributed by atoms with Crippen molar-refractivity contribution >= 4 is 23.8 Å². The first-order valence-corrected chi connectivity index (χ1v) is 13.6. The number of ether oxygens (including phenoxy) is 1. The van der Waals surface area contributed by atoms with E-state index in [1.807, 2.05) is 52.0 Å². The van der Waals surface area contributed by atoms with Crippen molar-refractivity contribution in [2.75, 3.05) is 6.54 Å². The first-order valence-electron chi connectivity index (χ1n) is 13.6. The average molecular weight is 533 g/mol. The number of hydrogen-bond acceptors (Lipinski definition) is 5. The third-order valence-electron chi connectivity index (χ3n) is 6.44. The van der Waals surface area contributed by atoms with Crippen molar-refractivity contribution < 1.29 is 23.9 Å². The number of hydrogen-bond donors (Lipinski definition) is 3. The molecule has 38 heavy (non-hydrogen) atoms. The van der Waals surface area contributed by atoms with Gasteiger partial charge in [-0.1, -0.05) is 57.9 Å². The minimum atomic E-state index is -1.31. The lowest BCUT2D eigenvalue weighted by molar-refractivity contribution is -0.150. The van der Waals surface area contributed by atoms with Crippen LogP contribution in [0.1, 0.15) is 105 Å². The zero-order valence-electron chi connectivity index (χ0n) is 24.5. The molecule has 1 aromatic carbocycles. The molecule has 9 nitrogen and oxygen atoms in total. The Labute approximate surface area is 228 Å². The van der Waals surface area contributed by atoms with Crippen LogP contribution in [0.2, 0.25) is 0 Å². The van der Waals surface area contributed by atoms with E-state index in [0.717, 1.165) is 31.2 Å². The molecular formula is C29H48N4O5. The first kappa shape index (κ1) is 32.9. The maximum absolute atomic E-state index is 14.2. The Morgan fingerprint density at radius 3 is 2.05 bits per heavy atom. The Kier molecular flexibility index (Phi) is 12.8. The van der Waals surface area contributed by atoms with E-state index in [0.29, 0.717) is 18.5 Å². The molecular weight excluding hydrogens is 484 g/mol. The van der Waals surface area contributed by atoms with Crippen molar-refractivity contribution in [3.63, 3.8) is 0 Å². The third-order valence-corrected chi connectivity index (χ3v) is 6.44. The van der Waals surface area contributed by atoms with Gasteiger partial charge in [0.1, 0.15) is 17.7 Å². The molecule has 0 aliphatic rings. The molecule has 0 bridgehead atoms. The largest absolute Gasteiger partial charge is 0.444 e. The van der Waals surface area contributed by atoms with Crippen molar-refractivity contribution in [3.8, 4) is 0 Å². The summed E-state index contributed by atoms with van der Waals surface area (Å²) in [5.41, 5.74) is 5.59. The number of unbranched alkanes of at least 4 members (excludes halogenated alkanes) is 2. The topological polar surface area (TPSA) is 131 Å². The van der Waals surface area contributed by atoms with Gasteiger partial charge in [-0.25, -0.2) is 4.79 Å². The number of amides is 4.